The first-order valence-corrected chi connectivity index (χ1v) is 6.66. The first-order chi connectivity index (χ1) is 7.29. The summed E-state index contributed by atoms with van der Waals surface area (Å²) in [5, 5.41) is 0. The van der Waals surface area contributed by atoms with Crippen molar-refractivity contribution in [2.75, 3.05) is 24.2 Å². The lowest BCUT2D eigenvalue weighted by Crippen LogP contribution is -2.39. The van der Waals surface area contributed by atoms with Crippen LogP contribution in [0.15, 0.2) is 29.2 Å². The van der Waals surface area contributed by atoms with Gasteiger partial charge in [0.2, 0.25) is 0 Å². The highest BCUT2D eigenvalue weighted by Gasteiger charge is 2.15. The van der Waals surface area contributed by atoms with Crippen LogP contribution in [0.5, 0.6) is 0 Å². The van der Waals surface area contributed by atoms with Crippen LogP contribution in [0.2, 0.25) is 0 Å². The van der Waals surface area contributed by atoms with Gasteiger partial charge in [0.05, 0.1) is 0 Å². The van der Waals surface area contributed by atoms with Crippen LogP contribution >= 0.6 is 11.8 Å². The van der Waals surface area contributed by atoms with Crippen molar-refractivity contribution in [2.24, 2.45) is 5.73 Å². The summed E-state index contributed by atoms with van der Waals surface area (Å²) in [7, 11) is 0. The Hall–Kier alpha value is -0.670. The highest BCUT2D eigenvalue weighted by molar-refractivity contribution is 7.98. The van der Waals surface area contributed by atoms with Gasteiger partial charge in [-0.05, 0) is 43.4 Å². The number of thioether (sulfide) groups is 1. The molecule has 0 atom stereocenters. The molecule has 1 aliphatic rings. The van der Waals surface area contributed by atoms with Gasteiger partial charge in [0.1, 0.15) is 0 Å². The van der Waals surface area contributed by atoms with E-state index < -0.39 is 0 Å². The van der Waals surface area contributed by atoms with E-state index >= 15 is 0 Å². The van der Waals surface area contributed by atoms with E-state index in [1.807, 2.05) is 0 Å². The van der Waals surface area contributed by atoms with Crippen molar-refractivity contribution in [3.05, 3.63) is 24.3 Å². The number of rotatable bonds is 2. The second-order valence-corrected chi connectivity index (χ2v) is 4.90. The van der Waals surface area contributed by atoms with E-state index in [1.165, 1.54) is 10.6 Å². The molecule has 2 rings (SSSR count). The second kappa shape index (κ2) is 4.90. The fraction of sp³-hybridized carbons (Fsp3) is 0.500. The molecule has 0 saturated carbocycles. The van der Waals surface area contributed by atoms with Gasteiger partial charge in [-0.15, -0.1) is 11.8 Å². The molecule has 1 aliphatic heterocycles. The molecule has 0 aliphatic carbocycles. The monoisotopic (exact) mass is 222 g/mol. The lowest BCUT2D eigenvalue weighted by atomic mass is 10.1. The summed E-state index contributed by atoms with van der Waals surface area (Å²) in [5.41, 5.74) is 7.22. The number of hydrogen-bond donors (Lipinski definition) is 1. The van der Waals surface area contributed by atoms with Crippen LogP contribution in [0.3, 0.4) is 0 Å². The topological polar surface area (TPSA) is 29.3 Å². The Balaban J connectivity index is 2.03. The Kier molecular flexibility index (Phi) is 3.54. The maximum Gasteiger partial charge on any atom is 0.0366 e. The first-order valence-electron chi connectivity index (χ1n) is 5.44. The lowest BCUT2D eigenvalue weighted by Gasteiger charge is -2.32. The van der Waals surface area contributed by atoms with E-state index in [-0.39, 0.29) is 0 Å². The average molecular weight is 222 g/mol. The fourth-order valence-electron chi connectivity index (χ4n) is 1.95. The summed E-state index contributed by atoms with van der Waals surface area (Å²) < 4.78 is 0. The zero-order valence-electron chi connectivity index (χ0n) is 9.15. The van der Waals surface area contributed by atoms with Gasteiger partial charge in [-0.25, -0.2) is 0 Å². The van der Waals surface area contributed by atoms with Crippen molar-refractivity contribution in [3.63, 3.8) is 0 Å². The van der Waals surface area contributed by atoms with Gasteiger partial charge in [-0.3, -0.25) is 0 Å². The maximum atomic E-state index is 5.89. The van der Waals surface area contributed by atoms with Crippen LogP contribution in [0.25, 0.3) is 0 Å². The quantitative estimate of drug-likeness (QED) is 0.779. The van der Waals surface area contributed by atoms with Gasteiger partial charge in [0.15, 0.2) is 0 Å². The third-order valence-corrected chi connectivity index (χ3v) is 3.72. The van der Waals surface area contributed by atoms with E-state index in [0.717, 1.165) is 25.9 Å². The number of benzene rings is 1. The highest BCUT2D eigenvalue weighted by atomic mass is 32.2. The molecule has 1 heterocycles. The Morgan fingerprint density at radius 3 is 2.33 bits per heavy atom. The van der Waals surface area contributed by atoms with Crippen molar-refractivity contribution in [1.82, 2.24) is 0 Å². The molecule has 2 nitrogen and oxygen atoms in total. The number of nitrogens with zero attached hydrogens (tertiary/aromatic N) is 1. The van der Waals surface area contributed by atoms with Gasteiger partial charge >= 0.3 is 0 Å². The molecular weight excluding hydrogens is 204 g/mol. The average Bonchev–Trinajstić information content (AvgIpc) is 2.30. The molecule has 1 aromatic rings. The van der Waals surface area contributed by atoms with Crippen LogP contribution in [0.4, 0.5) is 5.69 Å². The molecule has 1 saturated heterocycles. The molecule has 15 heavy (non-hydrogen) atoms. The van der Waals surface area contributed by atoms with Crippen molar-refractivity contribution < 1.29 is 0 Å². The van der Waals surface area contributed by atoms with Crippen molar-refractivity contribution in [2.45, 2.75) is 23.8 Å². The lowest BCUT2D eigenvalue weighted by molar-refractivity contribution is 0.501. The molecular formula is C12H18N2S. The van der Waals surface area contributed by atoms with Crippen molar-refractivity contribution in [1.29, 1.82) is 0 Å². The third kappa shape index (κ3) is 2.67. The summed E-state index contributed by atoms with van der Waals surface area (Å²) in [6.45, 7) is 2.19. The van der Waals surface area contributed by atoms with E-state index in [9.17, 15) is 0 Å². The molecule has 82 valence electrons. The highest BCUT2D eigenvalue weighted by Crippen LogP contribution is 2.22. The minimum absolute atomic E-state index is 0.409. The van der Waals surface area contributed by atoms with Crippen LogP contribution in [0, 0.1) is 0 Å². The van der Waals surface area contributed by atoms with E-state index in [2.05, 4.69) is 35.4 Å². The Bertz CT molecular complexity index is 302. The number of nitrogens with two attached hydrogens (primary N) is 1. The van der Waals surface area contributed by atoms with Crippen LogP contribution in [0.1, 0.15) is 12.8 Å². The largest absolute Gasteiger partial charge is 0.371 e. The van der Waals surface area contributed by atoms with Gasteiger partial charge < -0.3 is 10.6 Å². The summed E-state index contributed by atoms with van der Waals surface area (Å²) in [4.78, 5) is 3.75. The molecule has 1 aromatic carbocycles. The van der Waals surface area contributed by atoms with Crippen molar-refractivity contribution >= 4 is 17.4 Å². The zero-order chi connectivity index (χ0) is 10.7. The van der Waals surface area contributed by atoms with Gasteiger partial charge in [-0.2, -0.15) is 0 Å². The molecule has 0 unspecified atom stereocenters. The molecule has 1 fully saturated rings. The summed E-state index contributed by atoms with van der Waals surface area (Å²) in [5.74, 6) is 0. The first kappa shape index (κ1) is 10.8. The van der Waals surface area contributed by atoms with Crippen molar-refractivity contribution in [3.8, 4) is 0 Å². The summed E-state index contributed by atoms with van der Waals surface area (Å²) in [6.07, 6.45) is 4.34. The SMILES string of the molecule is CSc1ccc(N2CCC(N)CC2)cc1. The molecule has 0 spiro atoms. The predicted octanol–water partition coefficient (Wildman–Crippen LogP) is 2.34. The van der Waals surface area contributed by atoms with Gasteiger partial charge in [0.25, 0.3) is 0 Å². The molecule has 0 bridgehead atoms. The fourth-order valence-corrected chi connectivity index (χ4v) is 2.36. The minimum atomic E-state index is 0.409. The van der Waals surface area contributed by atoms with E-state index in [0.29, 0.717) is 6.04 Å². The number of anilines is 1. The minimum Gasteiger partial charge on any atom is -0.371 e. The van der Waals surface area contributed by atoms with E-state index in [4.69, 9.17) is 5.73 Å². The van der Waals surface area contributed by atoms with Gasteiger partial charge in [0, 0.05) is 29.7 Å². The van der Waals surface area contributed by atoms with Gasteiger partial charge in [-0.1, -0.05) is 0 Å². The smallest absolute Gasteiger partial charge is 0.0366 e. The molecule has 0 amide bonds. The Labute approximate surface area is 95.8 Å². The Morgan fingerprint density at radius 2 is 1.80 bits per heavy atom. The predicted molar refractivity (Wildman–Crippen MR) is 67.6 cm³/mol. The maximum absolute atomic E-state index is 5.89. The molecule has 0 aromatic heterocycles. The summed E-state index contributed by atoms with van der Waals surface area (Å²) in [6, 6.07) is 9.21. The van der Waals surface area contributed by atoms with E-state index in [1.54, 1.807) is 11.8 Å². The standard InChI is InChI=1S/C12H18N2S/c1-15-12-4-2-11(3-5-12)14-8-6-10(13)7-9-14/h2-5,10H,6-9,13H2,1H3. The zero-order valence-corrected chi connectivity index (χ0v) is 9.96. The van der Waals surface area contributed by atoms with Crippen LogP contribution in [-0.4, -0.2) is 25.4 Å². The molecule has 3 heteroatoms. The second-order valence-electron chi connectivity index (χ2n) is 4.02. The molecule has 2 N–H and O–H groups in total. The van der Waals surface area contributed by atoms with Crippen LogP contribution < -0.4 is 10.6 Å². The normalized spacial score (nSPS) is 18.1. The number of hydrogen-bond acceptors (Lipinski definition) is 3. The Morgan fingerprint density at radius 1 is 1.20 bits per heavy atom. The summed E-state index contributed by atoms with van der Waals surface area (Å²) >= 11 is 1.79. The number of piperidine rings is 1. The van der Waals surface area contributed by atoms with Crippen LogP contribution in [-0.2, 0) is 0 Å². The third-order valence-electron chi connectivity index (χ3n) is 2.98. The molecule has 0 radical (unpaired) electrons.